The second kappa shape index (κ2) is 18.6. The predicted octanol–water partition coefficient (Wildman–Crippen LogP) is 10.0. The summed E-state index contributed by atoms with van der Waals surface area (Å²) >= 11 is 0. The highest BCUT2D eigenvalue weighted by atomic mass is 32.2. The molecular weight excluding hydrogens is 621 g/mol. The third-order valence-corrected chi connectivity index (χ3v) is 9.67. The van der Waals surface area contributed by atoms with Gasteiger partial charge in [-0.05, 0) is 135 Å². The van der Waals surface area contributed by atoms with Gasteiger partial charge in [0.25, 0.3) is 0 Å². The highest BCUT2D eigenvalue weighted by Gasteiger charge is 2.56. The van der Waals surface area contributed by atoms with Crippen LogP contribution in [0, 0.1) is 0 Å². The predicted molar refractivity (Wildman–Crippen MR) is 177 cm³/mol. The molecule has 0 saturated heterocycles. The number of aromatic hydroxyl groups is 2. The first-order chi connectivity index (χ1) is 21.9. The zero-order chi connectivity index (χ0) is 33.6. The highest BCUT2D eigenvalue weighted by molar-refractivity contribution is 7.87. The molecule has 2 aromatic rings. The number of nitrogens with zero attached hydrogens (tertiary/aromatic N) is 1. The van der Waals surface area contributed by atoms with E-state index in [2.05, 4.69) is 18.0 Å². The van der Waals surface area contributed by atoms with E-state index in [9.17, 15) is 36.4 Å². The van der Waals surface area contributed by atoms with Crippen molar-refractivity contribution in [2.24, 2.45) is 0 Å². The van der Waals surface area contributed by atoms with Crippen molar-refractivity contribution in [2.75, 3.05) is 25.9 Å². The van der Waals surface area contributed by atoms with Crippen molar-refractivity contribution in [1.29, 1.82) is 0 Å². The SMILES string of the molecule is CN(CCCCCCC1=C(c2cccc(O)c2)CCCc2cc(O)ccc21)CCCCCCS(=O)/C=C/CCC(F)(F)C(F)(F)F. The molecule has 0 aromatic heterocycles. The first-order valence-corrected chi connectivity index (χ1v) is 17.8. The molecule has 3 rings (SSSR count). The van der Waals surface area contributed by atoms with Crippen LogP contribution in [0.15, 0.2) is 53.9 Å². The Hall–Kier alpha value is -2.72. The molecule has 1 aliphatic rings. The molecule has 0 aliphatic heterocycles. The lowest BCUT2D eigenvalue weighted by Gasteiger charge is -2.18. The number of unbranched alkanes of at least 4 members (excludes halogenated alkanes) is 6. The number of fused-ring (bicyclic) bond motifs is 1. The van der Waals surface area contributed by atoms with Gasteiger partial charge >= 0.3 is 12.1 Å². The first kappa shape index (κ1) is 37.7. The topological polar surface area (TPSA) is 60.8 Å². The Bertz CT molecular complexity index is 1320. The van der Waals surface area contributed by atoms with Crippen molar-refractivity contribution in [1.82, 2.24) is 4.90 Å². The fourth-order valence-corrected chi connectivity index (χ4v) is 6.90. The molecule has 0 bridgehead atoms. The number of phenols is 2. The van der Waals surface area contributed by atoms with Gasteiger partial charge in [-0.2, -0.15) is 22.0 Å². The normalized spacial score (nSPS) is 15.0. The first-order valence-electron chi connectivity index (χ1n) is 16.4. The molecule has 4 nitrogen and oxygen atoms in total. The average Bonchev–Trinajstić information content (AvgIpc) is 3.17. The molecule has 1 atom stereocenters. The average molecular weight is 670 g/mol. The van der Waals surface area contributed by atoms with Crippen LogP contribution in [0.25, 0.3) is 11.1 Å². The van der Waals surface area contributed by atoms with Crippen LogP contribution in [0.1, 0.15) is 100 Å². The van der Waals surface area contributed by atoms with Crippen LogP contribution >= 0.6 is 0 Å². The number of hydrogen-bond donors (Lipinski definition) is 2. The lowest BCUT2D eigenvalue weighted by Crippen LogP contribution is -2.35. The molecule has 256 valence electrons. The second-order valence-electron chi connectivity index (χ2n) is 12.3. The monoisotopic (exact) mass is 669 g/mol. The lowest BCUT2D eigenvalue weighted by molar-refractivity contribution is -0.283. The third-order valence-electron chi connectivity index (χ3n) is 8.49. The van der Waals surface area contributed by atoms with Crippen LogP contribution in [0.2, 0.25) is 0 Å². The summed E-state index contributed by atoms with van der Waals surface area (Å²) in [7, 11) is 0.759. The van der Waals surface area contributed by atoms with Crippen LogP contribution < -0.4 is 0 Å². The molecule has 46 heavy (non-hydrogen) atoms. The number of phenolic OH excluding ortho intramolecular Hbond substituents is 2. The summed E-state index contributed by atoms with van der Waals surface area (Å²) in [5, 5.41) is 21.4. The number of rotatable bonds is 19. The Morgan fingerprint density at radius 3 is 2.22 bits per heavy atom. The van der Waals surface area contributed by atoms with E-state index in [1.165, 1.54) is 27.7 Å². The van der Waals surface area contributed by atoms with Crippen molar-refractivity contribution in [3.8, 4) is 11.5 Å². The quantitative estimate of drug-likeness (QED) is 0.115. The minimum atomic E-state index is -5.55. The third kappa shape index (κ3) is 12.5. The van der Waals surface area contributed by atoms with Gasteiger partial charge in [0, 0.05) is 23.0 Å². The Balaban J connectivity index is 1.31. The molecule has 0 saturated carbocycles. The minimum absolute atomic E-state index is 0.269. The second-order valence-corrected chi connectivity index (χ2v) is 13.7. The van der Waals surface area contributed by atoms with Gasteiger partial charge in [0.1, 0.15) is 11.5 Å². The minimum Gasteiger partial charge on any atom is -0.508 e. The van der Waals surface area contributed by atoms with E-state index >= 15 is 0 Å². The van der Waals surface area contributed by atoms with Crippen LogP contribution in [0.3, 0.4) is 0 Å². The van der Waals surface area contributed by atoms with Gasteiger partial charge in [-0.1, -0.05) is 50.0 Å². The maximum Gasteiger partial charge on any atom is 0.453 e. The molecule has 1 unspecified atom stereocenters. The van der Waals surface area contributed by atoms with E-state index in [0.29, 0.717) is 17.9 Å². The summed E-state index contributed by atoms with van der Waals surface area (Å²) in [4.78, 5) is 2.33. The number of allylic oxidation sites excluding steroid dienone is 3. The van der Waals surface area contributed by atoms with Gasteiger partial charge in [0.05, 0.1) is 0 Å². The van der Waals surface area contributed by atoms with Gasteiger partial charge in [0.15, 0.2) is 0 Å². The van der Waals surface area contributed by atoms with E-state index < -0.39 is 35.7 Å². The molecule has 0 amide bonds. The van der Waals surface area contributed by atoms with E-state index in [0.717, 1.165) is 95.4 Å². The highest BCUT2D eigenvalue weighted by Crippen LogP contribution is 2.41. The number of halogens is 5. The Morgan fingerprint density at radius 2 is 1.52 bits per heavy atom. The number of benzene rings is 2. The van der Waals surface area contributed by atoms with Crippen LogP contribution in [-0.4, -0.2) is 57.3 Å². The van der Waals surface area contributed by atoms with E-state index in [4.69, 9.17) is 0 Å². The summed E-state index contributed by atoms with van der Waals surface area (Å²) in [6.07, 6.45) is 5.65. The zero-order valence-electron chi connectivity index (χ0n) is 26.8. The molecule has 1 aliphatic carbocycles. The molecule has 2 N–H and O–H groups in total. The summed E-state index contributed by atoms with van der Waals surface area (Å²) < 4.78 is 74.3. The summed E-state index contributed by atoms with van der Waals surface area (Å²) in [6, 6.07) is 13.2. The zero-order valence-corrected chi connectivity index (χ0v) is 27.6. The Kier molecular flexibility index (Phi) is 15.2. The fraction of sp³-hybridized carbons (Fsp3) is 0.556. The molecule has 2 aromatic carbocycles. The summed E-state index contributed by atoms with van der Waals surface area (Å²) in [5.41, 5.74) is 6.07. The summed E-state index contributed by atoms with van der Waals surface area (Å²) in [5.74, 6) is -3.78. The smallest absolute Gasteiger partial charge is 0.453 e. The van der Waals surface area contributed by atoms with Gasteiger partial charge in [0.2, 0.25) is 0 Å². The van der Waals surface area contributed by atoms with E-state index in [1.807, 2.05) is 24.3 Å². The molecule has 10 heteroatoms. The molecule has 0 fully saturated rings. The molecular formula is C36H48F5NO3S. The largest absolute Gasteiger partial charge is 0.508 e. The Labute approximate surface area is 272 Å². The fourth-order valence-electron chi connectivity index (χ4n) is 5.93. The summed E-state index contributed by atoms with van der Waals surface area (Å²) in [6.45, 7) is 1.99. The van der Waals surface area contributed by atoms with Gasteiger partial charge in [-0.25, -0.2) is 0 Å². The van der Waals surface area contributed by atoms with Crippen molar-refractivity contribution in [2.45, 2.75) is 102 Å². The van der Waals surface area contributed by atoms with Crippen LogP contribution in [-0.2, 0) is 17.2 Å². The standard InChI is InChI=1S/C36H48F5NO3S/c1-42(23-9-4-5-10-24-46(45)25-11-7-21-35(37,38)36(39,40)41)22-8-3-2-6-17-34-32(28-14-12-16-30(43)26-28)18-13-15-29-27-31(44)19-20-33(29)34/h11-12,14,16,19-20,25-27,43-44H,2-10,13,15,17-18,21-24H2,1H3/b25-11+. The number of alkyl halides is 5. The van der Waals surface area contributed by atoms with Crippen molar-refractivity contribution < 1.29 is 36.4 Å². The lowest BCUT2D eigenvalue weighted by atomic mass is 9.89. The van der Waals surface area contributed by atoms with Gasteiger partial charge in [-0.15, -0.1) is 0 Å². The van der Waals surface area contributed by atoms with Crippen molar-refractivity contribution in [3.63, 3.8) is 0 Å². The van der Waals surface area contributed by atoms with E-state index in [1.54, 1.807) is 12.1 Å². The molecule has 0 radical (unpaired) electrons. The number of aryl methyl sites for hydroxylation is 1. The Morgan fingerprint density at radius 1 is 0.848 bits per heavy atom. The van der Waals surface area contributed by atoms with Gasteiger partial charge in [-0.3, -0.25) is 4.21 Å². The van der Waals surface area contributed by atoms with E-state index in [-0.39, 0.29) is 5.75 Å². The van der Waals surface area contributed by atoms with Gasteiger partial charge < -0.3 is 15.1 Å². The maximum absolute atomic E-state index is 12.9. The number of hydrogen-bond acceptors (Lipinski definition) is 4. The van der Waals surface area contributed by atoms with Crippen molar-refractivity contribution in [3.05, 3.63) is 70.6 Å². The van der Waals surface area contributed by atoms with Crippen LogP contribution in [0.4, 0.5) is 22.0 Å². The molecule has 0 spiro atoms. The molecule has 0 heterocycles. The van der Waals surface area contributed by atoms with Crippen LogP contribution in [0.5, 0.6) is 11.5 Å². The maximum atomic E-state index is 12.9. The van der Waals surface area contributed by atoms with Crippen molar-refractivity contribution >= 4 is 21.9 Å².